The maximum Gasteiger partial charge on any atom is 0.0677 e. The second kappa shape index (κ2) is 7.80. The van der Waals surface area contributed by atoms with Crippen LogP contribution in [0.2, 0.25) is 0 Å². The minimum absolute atomic E-state index is 0.837. The van der Waals surface area contributed by atoms with E-state index in [1.165, 1.54) is 0 Å². The van der Waals surface area contributed by atoms with Crippen LogP contribution in [-0.2, 0) is 0 Å². The Balaban J connectivity index is 4.07. The zero-order chi connectivity index (χ0) is 11.0. The molecule has 0 rings (SSSR count). The summed E-state index contributed by atoms with van der Waals surface area (Å²) in [4.78, 5) is 2.31. The zero-order valence-corrected chi connectivity index (χ0v) is 10.4. The van der Waals surface area contributed by atoms with Gasteiger partial charge in [0.25, 0.3) is 0 Å². The van der Waals surface area contributed by atoms with Gasteiger partial charge in [0.15, 0.2) is 0 Å². The van der Waals surface area contributed by atoms with E-state index in [4.69, 9.17) is 5.73 Å². The van der Waals surface area contributed by atoms with E-state index in [9.17, 15) is 0 Å². The van der Waals surface area contributed by atoms with Crippen LogP contribution in [0.4, 0.5) is 0 Å². The first-order valence-electron chi connectivity index (χ1n) is 5.14. The molecule has 0 aliphatic carbocycles. The van der Waals surface area contributed by atoms with Gasteiger partial charge in [-0.3, -0.25) is 0 Å². The molecule has 14 heavy (non-hydrogen) atoms. The predicted molar refractivity (Wildman–Crippen MR) is 66.8 cm³/mol. The SMILES string of the molecule is C=C(S/C=C(\C)N)N(CCC)CCC. The molecule has 0 aliphatic rings. The lowest BCUT2D eigenvalue weighted by Gasteiger charge is -2.24. The van der Waals surface area contributed by atoms with Crippen molar-refractivity contribution in [2.75, 3.05) is 13.1 Å². The molecule has 3 heteroatoms. The molecule has 82 valence electrons. The molecule has 0 unspecified atom stereocenters. The summed E-state index contributed by atoms with van der Waals surface area (Å²) >= 11 is 1.62. The summed E-state index contributed by atoms with van der Waals surface area (Å²) in [6, 6.07) is 0. The van der Waals surface area contributed by atoms with Crippen LogP contribution in [0, 0.1) is 0 Å². The molecule has 0 fully saturated rings. The minimum atomic E-state index is 0.837. The van der Waals surface area contributed by atoms with Gasteiger partial charge in [-0.1, -0.05) is 32.2 Å². The van der Waals surface area contributed by atoms with Gasteiger partial charge in [0.2, 0.25) is 0 Å². The van der Waals surface area contributed by atoms with Gasteiger partial charge in [0, 0.05) is 18.8 Å². The monoisotopic (exact) mass is 214 g/mol. The number of nitrogens with two attached hydrogens (primary N) is 1. The van der Waals surface area contributed by atoms with Gasteiger partial charge in [0.05, 0.1) is 5.03 Å². The summed E-state index contributed by atoms with van der Waals surface area (Å²) in [5.41, 5.74) is 6.41. The fourth-order valence-corrected chi connectivity index (χ4v) is 1.79. The topological polar surface area (TPSA) is 29.3 Å². The summed E-state index contributed by atoms with van der Waals surface area (Å²) in [5, 5.41) is 3.04. The van der Waals surface area contributed by atoms with Crippen LogP contribution >= 0.6 is 11.8 Å². The number of nitrogens with zero attached hydrogens (tertiary/aromatic N) is 1. The normalized spacial score (nSPS) is 11.5. The third-order valence-corrected chi connectivity index (χ3v) is 2.74. The number of hydrogen-bond donors (Lipinski definition) is 1. The highest BCUT2D eigenvalue weighted by molar-refractivity contribution is 8.05. The van der Waals surface area contributed by atoms with E-state index in [2.05, 4.69) is 25.3 Å². The maximum absolute atomic E-state index is 5.57. The van der Waals surface area contributed by atoms with Gasteiger partial charge >= 0.3 is 0 Å². The zero-order valence-electron chi connectivity index (χ0n) is 9.55. The number of thioether (sulfide) groups is 1. The lowest BCUT2D eigenvalue weighted by atomic mass is 10.4. The summed E-state index contributed by atoms with van der Waals surface area (Å²) in [7, 11) is 0. The van der Waals surface area contributed by atoms with Gasteiger partial charge in [-0.15, -0.1) is 0 Å². The highest BCUT2D eigenvalue weighted by Crippen LogP contribution is 2.20. The molecule has 0 heterocycles. The van der Waals surface area contributed by atoms with E-state index >= 15 is 0 Å². The largest absolute Gasteiger partial charge is 0.402 e. The minimum Gasteiger partial charge on any atom is -0.402 e. The van der Waals surface area contributed by atoms with E-state index in [-0.39, 0.29) is 0 Å². The Kier molecular flexibility index (Phi) is 7.48. The Morgan fingerprint density at radius 3 is 2.21 bits per heavy atom. The summed E-state index contributed by atoms with van der Waals surface area (Å²) in [6.07, 6.45) is 2.32. The molecular weight excluding hydrogens is 192 g/mol. The molecule has 0 atom stereocenters. The average Bonchev–Trinajstić information content (AvgIpc) is 2.14. The van der Waals surface area contributed by atoms with Crippen molar-refractivity contribution in [3.63, 3.8) is 0 Å². The van der Waals surface area contributed by atoms with Crippen LogP contribution in [0.1, 0.15) is 33.6 Å². The number of hydrogen-bond acceptors (Lipinski definition) is 3. The van der Waals surface area contributed by atoms with Crippen molar-refractivity contribution in [1.29, 1.82) is 0 Å². The van der Waals surface area contributed by atoms with Crippen molar-refractivity contribution >= 4 is 11.8 Å². The van der Waals surface area contributed by atoms with Crippen LogP contribution in [-0.4, -0.2) is 18.0 Å². The van der Waals surface area contributed by atoms with E-state index in [0.29, 0.717) is 0 Å². The van der Waals surface area contributed by atoms with Crippen LogP contribution in [0.3, 0.4) is 0 Å². The number of rotatable bonds is 7. The van der Waals surface area contributed by atoms with Crippen molar-refractivity contribution in [1.82, 2.24) is 4.90 Å². The molecular formula is C11H22N2S. The first-order chi connectivity index (χ1) is 6.61. The fraction of sp³-hybridized carbons (Fsp3) is 0.636. The number of allylic oxidation sites excluding steroid dienone is 1. The van der Waals surface area contributed by atoms with Gasteiger partial charge in [-0.2, -0.15) is 0 Å². The van der Waals surface area contributed by atoms with Crippen molar-refractivity contribution < 1.29 is 0 Å². The second-order valence-corrected chi connectivity index (χ2v) is 4.30. The molecule has 0 radical (unpaired) electrons. The highest BCUT2D eigenvalue weighted by atomic mass is 32.2. The molecule has 2 N–H and O–H groups in total. The molecule has 0 aromatic carbocycles. The quantitative estimate of drug-likeness (QED) is 0.706. The predicted octanol–water partition coefficient (Wildman–Crippen LogP) is 3.13. The van der Waals surface area contributed by atoms with Crippen molar-refractivity contribution in [2.45, 2.75) is 33.6 Å². The maximum atomic E-state index is 5.57. The van der Waals surface area contributed by atoms with E-state index < -0.39 is 0 Å². The third-order valence-electron chi connectivity index (χ3n) is 1.72. The molecule has 0 aromatic heterocycles. The standard InChI is InChI=1S/C11H22N2S/c1-5-7-13(8-6-2)11(4)14-9-10(3)12/h9H,4-8,12H2,1-3H3/b10-9+. The Morgan fingerprint density at radius 2 is 1.86 bits per heavy atom. The van der Waals surface area contributed by atoms with Gasteiger partial charge in [0.1, 0.15) is 0 Å². The van der Waals surface area contributed by atoms with Crippen LogP contribution in [0.25, 0.3) is 0 Å². The van der Waals surface area contributed by atoms with Crippen molar-refractivity contribution in [3.05, 3.63) is 22.7 Å². The third kappa shape index (κ3) is 5.97. The van der Waals surface area contributed by atoms with Gasteiger partial charge in [-0.25, -0.2) is 0 Å². The molecule has 0 saturated heterocycles. The van der Waals surface area contributed by atoms with E-state index in [0.717, 1.165) is 36.7 Å². The molecule has 2 nitrogen and oxygen atoms in total. The molecule has 0 aromatic rings. The van der Waals surface area contributed by atoms with Gasteiger partial charge < -0.3 is 10.6 Å². The van der Waals surface area contributed by atoms with Crippen LogP contribution in [0.5, 0.6) is 0 Å². The van der Waals surface area contributed by atoms with E-state index in [1.807, 2.05) is 12.3 Å². The summed E-state index contributed by atoms with van der Waals surface area (Å²) in [5.74, 6) is 0. The lowest BCUT2D eigenvalue weighted by Crippen LogP contribution is -2.22. The summed E-state index contributed by atoms with van der Waals surface area (Å²) in [6.45, 7) is 12.5. The first kappa shape index (κ1) is 13.4. The fourth-order valence-electron chi connectivity index (χ4n) is 1.14. The van der Waals surface area contributed by atoms with E-state index in [1.54, 1.807) is 11.8 Å². The Hall–Kier alpha value is -0.570. The van der Waals surface area contributed by atoms with Crippen molar-refractivity contribution in [2.24, 2.45) is 5.73 Å². The Labute approximate surface area is 92.2 Å². The highest BCUT2D eigenvalue weighted by Gasteiger charge is 2.04. The van der Waals surface area contributed by atoms with Crippen molar-refractivity contribution in [3.8, 4) is 0 Å². The molecule has 0 saturated carbocycles. The summed E-state index contributed by atoms with van der Waals surface area (Å²) < 4.78 is 0. The molecule has 0 aliphatic heterocycles. The molecule has 0 spiro atoms. The smallest absolute Gasteiger partial charge is 0.0677 e. The van der Waals surface area contributed by atoms with Crippen LogP contribution < -0.4 is 5.73 Å². The molecule has 0 bridgehead atoms. The lowest BCUT2D eigenvalue weighted by molar-refractivity contribution is 0.368. The second-order valence-electron chi connectivity index (χ2n) is 3.36. The molecule has 0 amide bonds. The Morgan fingerprint density at radius 1 is 1.36 bits per heavy atom. The first-order valence-corrected chi connectivity index (χ1v) is 6.02. The average molecular weight is 214 g/mol. The van der Waals surface area contributed by atoms with Crippen LogP contribution in [0.15, 0.2) is 22.7 Å². The van der Waals surface area contributed by atoms with Gasteiger partial charge in [-0.05, 0) is 25.2 Å². The Bertz CT molecular complexity index is 189.